The number of carbonyl (C=O) groups is 1. The Balaban J connectivity index is 3.17. The van der Waals surface area contributed by atoms with Gasteiger partial charge in [0.2, 0.25) is 10.0 Å². The molecule has 0 amide bonds. The van der Waals surface area contributed by atoms with Crippen molar-refractivity contribution in [2.45, 2.75) is 28.4 Å². The number of nitro groups is 1. The normalized spacial score (nSPS) is 12.9. The fourth-order valence-electron chi connectivity index (χ4n) is 1.53. The first kappa shape index (κ1) is 17.4. The monoisotopic (exact) mass is 334 g/mol. The van der Waals surface area contributed by atoms with Crippen LogP contribution in [0.25, 0.3) is 0 Å². The number of hydrogen-bond donors (Lipinski definition) is 2. The lowest BCUT2D eigenvalue weighted by Gasteiger charge is -2.10. The molecular weight excluding hydrogens is 320 g/mol. The topological polar surface area (TPSA) is 127 Å². The second-order valence-electron chi connectivity index (χ2n) is 4.12. The van der Waals surface area contributed by atoms with Crippen LogP contribution in [-0.2, 0) is 14.8 Å². The van der Waals surface area contributed by atoms with Crippen LogP contribution in [0.3, 0.4) is 0 Å². The number of nitrogens with zero attached hydrogens (tertiary/aromatic N) is 1. The summed E-state index contributed by atoms with van der Waals surface area (Å²) in [5.41, 5.74) is -0.367. The lowest BCUT2D eigenvalue weighted by atomic mass is 10.3. The van der Waals surface area contributed by atoms with Crippen LogP contribution in [0.4, 0.5) is 5.69 Å². The molecule has 1 atom stereocenters. The third-order valence-corrected chi connectivity index (χ3v) is 5.08. The highest BCUT2D eigenvalue weighted by Crippen LogP contribution is 2.34. The van der Waals surface area contributed by atoms with Crippen molar-refractivity contribution in [1.29, 1.82) is 0 Å². The summed E-state index contributed by atoms with van der Waals surface area (Å²) in [7, 11) is -2.57. The predicted molar refractivity (Wildman–Crippen MR) is 76.9 cm³/mol. The molecule has 116 valence electrons. The van der Waals surface area contributed by atoms with Crippen LogP contribution in [0.5, 0.6) is 0 Å². The Morgan fingerprint density at radius 2 is 2.14 bits per heavy atom. The predicted octanol–water partition coefficient (Wildman–Crippen LogP) is 1.46. The fourth-order valence-corrected chi connectivity index (χ4v) is 3.34. The molecule has 0 bridgehead atoms. The summed E-state index contributed by atoms with van der Waals surface area (Å²) in [5, 5.41) is 19.4. The van der Waals surface area contributed by atoms with Crippen molar-refractivity contribution < 1.29 is 23.2 Å². The molecule has 0 aliphatic carbocycles. The number of carboxylic acid groups (broad SMARTS) is 1. The maximum atomic E-state index is 11.6. The van der Waals surface area contributed by atoms with Crippen LogP contribution in [0.15, 0.2) is 28.0 Å². The van der Waals surface area contributed by atoms with Gasteiger partial charge in [-0.2, -0.15) is 0 Å². The molecule has 21 heavy (non-hydrogen) atoms. The van der Waals surface area contributed by atoms with Crippen LogP contribution in [0.1, 0.15) is 13.3 Å². The number of thioether (sulfide) groups is 1. The highest BCUT2D eigenvalue weighted by atomic mass is 32.2. The van der Waals surface area contributed by atoms with Crippen molar-refractivity contribution in [3.63, 3.8) is 0 Å². The van der Waals surface area contributed by atoms with Gasteiger partial charge in [0.1, 0.15) is 0 Å². The van der Waals surface area contributed by atoms with Crippen molar-refractivity contribution in [2.24, 2.45) is 0 Å². The first-order chi connectivity index (χ1) is 9.67. The summed E-state index contributed by atoms with van der Waals surface area (Å²) in [5.74, 6) is -1.01. The number of carboxylic acids is 1. The number of rotatable bonds is 7. The number of sulfonamides is 1. The summed E-state index contributed by atoms with van der Waals surface area (Å²) in [6.07, 6.45) is -0.154. The van der Waals surface area contributed by atoms with Gasteiger partial charge in [0.15, 0.2) is 0 Å². The zero-order chi connectivity index (χ0) is 16.2. The Kier molecular flexibility index (Phi) is 5.70. The SMILES string of the molecule is CNS(=O)(=O)c1ccc(SC(C)CC(=O)O)c([N+](=O)[O-])c1. The molecule has 1 rings (SSSR count). The Morgan fingerprint density at radius 1 is 1.52 bits per heavy atom. The van der Waals surface area contributed by atoms with Crippen LogP contribution >= 0.6 is 11.8 Å². The molecule has 0 aliphatic rings. The second-order valence-corrected chi connectivity index (χ2v) is 7.49. The number of aliphatic carboxylic acids is 1. The van der Waals surface area contributed by atoms with Crippen molar-refractivity contribution in [3.05, 3.63) is 28.3 Å². The zero-order valence-electron chi connectivity index (χ0n) is 11.3. The molecule has 1 aromatic carbocycles. The molecule has 0 radical (unpaired) electrons. The van der Waals surface area contributed by atoms with Crippen molar-refractivity contribution >= 4 is 33.4 Å². The third kappa shape index (κ3) is 4.69. The number of benzene rings is 1. The van der Waals surface area contributed by atoms with Crippen LogP contribution in [0, 0.1) is 10.1 Å². The first-order valence-corrected chi connectivity index (χ1v) is 8.14. The largest absolute Gasteiger partial charge is 0.481 e. The van der Waals surface area contributed by atoms with Gasteiger partial charge in [-0.3, -0.25) is 14.9 Å². The Bertz CT molecular complexity index is 659. The molecule has 0 fully saturated rings. The fraction of sp³-hybridized carbons (Fsp3) is 0.364. The van der Waals surface area contributed by atoms with Crippen LogP contribution < -0.4 is 4.72 Å². The molecule has 0 spiro atoms. The lowest BCUT2D eigenvalue weighted by Crippen LogP contribution is -2.18. The van der Waals surface area contributed by atoms with Gasteiger partial charge in [0, 0.05) is 11.3 Å². The minimum atomic E-state index is -3.78. The van der Waals surface area contributed by atoms with Crippen molar-refractivity contribution in [1.82, 2.24) is 4.72 Å². The van der Waals surface area contributed by atoms with E-state index >= 15 is 0 Å². The molecule has 2 N–H and O–H groups in total. The number of nitro benzene ring substituents is 1. The molecule has 0 saturated heterocycles. The van der Waals surface area contributed by atoms with E-state index in [-0.39, 0.29) is 27.1 Å². The quantitative estimate of drug-likeness (QED) is 0.439. The molecular formula is C11H14N2O6S2. The zero-order valence-corrected chi connectivity index (χ0v) is 12.9. The molecule has 0 saturated carbocycles. The standard InChI is InChI=1S/C11H14N2O6S2/c1-7(5-11(14)15)20-10-4-3-8(21(18,19)12-2)6-9(10)13(16)17/h3-4,6-7,12H,5H2,1-2H3,(H,14,15). The van der Waals surface area contributed by atoms with Gasteiger partial charge in [0.05, 0.1) is 21.1 Å². The van der Waals surface area contributed by atoms with E-state index in [1.165, 1.54) is 19.2 Å². The molecule has 1 aromatic rings. The van der Waals surface area contributed by atoms with Gasteiger partial charge < -0.3 is 5.11 Å². The van der Waals surface area contributed by atoms with Gasteiger partial charge in [-0.1, -0.05) is 6.92 Å². The highest BCUT2D eigenvalue weighted by molar-refractivity contribution is 8.00. The van der Waals surface area contributed by atoms with E-state index in [2.05, 4.69) is 4.72 Å². The van der Waals surface area contributed by atoms with E-state index in [9.17, 15) is 23.3 Å². The summed E-state index contributed by atoms with van der Waals surface area (Å²) >= 11 is 1.02. The molecule has 0 aromatic heterocycles. The van der Waals surface area contributed by atoms with Crippen LogP contribution in [0.2, 0.25) is 0 Å². The summed E-state index contributed by atoms with van der Waals surface area (Å²) in [6, 6.07) is 3.52. The summed E-state index contributed by atoms with van der Waals surface area (Å²) in [6.45, 7) is 1.63. The van der Waals surface area contributed by atoms with E-state index in [1.807, 2.05) is 0 Å². The van der Waals surface area contributed by atoms with Gasteiger partial charge in [-0.05, 0) is 19.2 Å². The number of hydrogen-bond acceptors (Lipinski definition) is 6. The Hall–Kier alpha value is -1.65. The average Bonchev–Trinajstić information content (AvgIpc) is 2.37. The van der Waals surface area contributed by atoms with E-state index in [0.29, 0.717) is 0 Å². The van der Waals surface area contributed by atoms with Gasteiger partial charge in [-0.25, -0.2) is 13.1 Å². The van der Waals surface area contributed by atoms with Crippen LogP contribution in [-0.4, -0.2) is 36.7 Å². The first-order valence-electron chi connectivity index (χ1n) is 5.78. The molecule has 0 heterocycles. The molecule has 10 heteroatoms. The molecule has 8 nitrogen and oxygen atoms in total. The molecule has 1 unspecified atom stereocenters. The van der Waals surface area contributed by atoms with E-state index in [0.717, 1.165) is 17.8 Å². The maximum absolute atomic E-state index is 11.6. The van der Waals surface area contributed by atoms with Crippen molar-refractivity contribution in [2.75, 3.05) is 7.05 Å². The molecule has 0 aliphatic heterocycles. The Morgan fingerprint density at radius 3 is 2.62 bits per heavy atom. The second kappa shape index (κ2) is 6.87. The minimum absolute atomic E-state index is 0.154. The highest BCUT2D eigenvalue weighted by Gasteiger charge is 2.22. The van der Waals surface area contributed by atoms with Gasteiger partial charge in [0.25, 0.3) is 5.69 Å². The smallest absolute Gasteiger partial charge is 0.304 e. The van der Waals surface area contributed by atoms with Gasteiger partial charge >= 0.3 is 5.97 Å². The maximum Gasteiger partial charge on any atom is 0.304 e. The third-order valence-electron chi connectivity index (χ3n) is 2.50. The van der Waals surface area contributed by atoms with E-state index < -0.39 is 20.9 Å². The minimum Gasteiger partial charge on any atom is -0.481 e. The number of nitrogens with one attached hydrogen (secondary N) is 1. The van der Waals surface area contributed by atoms with E-state index in [1.54, 1.807) is 6.92 Å². The van der Waals surface area contributed by atoms with E-state index in [4.69, 9.17) is 5.11 Å². The summed E-state index contributed by atoms with van der Waals surface area (Å²) in [4.78, 5) is 21.0. The Labute approximate surface area is 125 Å². The lowest BCUT2D eigenvalue weighted by molar-refractivity contribution is -0.388. The van der Waals surface area contributed by atoms with Gasteiger partial charge in [-0.15, -0.1) is 11.8 Å². The average molecular weight is 334 g/mol. The van der Waals surface area contributed by atoms with Crippen molar-refractivity contribution in [3.8, 4) is 0 Å². The summed E-state index contributed by atoms with van der Waals surface area (Å²) < 4.78 is 25.3.